The normalized spacial score (nSPS) is 16.0. The first-order valence-electron chi connectivity index (χ1n) is 6.89. The van der Waals surface area contributed by atoms with E-state index in [0.717, 1.165) is 14.9 Å². The van der Waals surface area contributed by atoms with Crippen molar-refractivity contribution in [1.82, 2.24) is 10.2 Å². The highest BCUT2D eigenvalue weighted by molar-refractivity contribution is 9.10. The maximum Gasteiger partial charge on any atom is 0.329 e. The van der Waals surface area contributed by atoms with E-state index >= 15 is 0 Å². The summed E-state index contributed by atoms with van der Waals surface area (Å²) < 4.78 is 6.67. The van der Waals surface area contributed by atoms with Gasteiger partial charge in [0, 0.05) is 22.7 Å². The number of rotatable bonds is 4. The number of nitrogens with zero attached hydrogens (tertiary/aromatic N) is 1. The molecule has 2 heterocycles. The molecule has 1 N–H and O–H groups in total. The van der Waals surface area contributed by atoms with Gasteiger partial charge in [-0.15, -0.1) is 6.58 Å². The van der Waals surface area contributed by atoms with Crippen molar-refractivity contribution in [2.75, 3.05) is 6.54 Å². The number of benzene rings is 1. The molecule has 0 unspecified atom stereocenters. The third-order valence-electron chi connectivity index (χ3n) is 3.30. The molecule has 1 fully saturated rings. The monoisotopic (exact) mass is 372 g/mol. The summed E-state index contributed by atoms with van der Waals surface area (Å²) >= 11 is 3.41. The Morgan fingerprint density at radius 3 is 2.83 bits per heavy atom. The molecule has 0 spiro atoms. The molecule has 2 aromatic rings. The number of urea groups is 1. The molecule has 0 aliphatic carbocycles. The van der Waals surface area contributed by atoms with Crippen molar-refractivity contribution >= 4 is 33.9 Å². The van der Waals surface area contributed by atoms with Crippen LogP contribution in [0, 0.1) is 0 Å². The van der Waals surface area contributed by atoms with Crippen molar-refractivity contribution in [1.29, 1.82) is 0 Å². The molecule has 23 heavy (non-hydrogen) atoms. The molecule has 0 saturated carbocycles. The van der Waals surface area contributed by atoms with Crippen LogP contribution in [0.2, 0.25) is 0 Å². The number of amides is 3. The van der Waals surface area contributed by atoms with Gasteiger partial charge in [-0.25, -0.2) is 4.79 Å². The minimum atomic E-state index is -0.458. The number of hydrogen-bond donors (Lipinski definition) is 1. The highest BCUT2D eigenvalue weighted by Gasteiger charge is 2.32. The predicted molar refractivity (Wildman–Crippen MR) is 90.3 cm³/mol. The summed E-state index contributed by atoms with van der Waals surface area (Å²) in [7, 11) is 0. The van der Waals surface area contributed by atoms with Gasteiger partial charge in [0.1, 0.15) is 17.2 Å². The van der Waals surface area contributed by atoms with Crippen molar-refractivity contribution in [2.24, 2.45) is 0 Å². The number of carbonyl (C=O) groups excluding carboxylic acids is 2. The van der Waals surface area contributed by atoms with Crippen molar-refractivity contribution in [3.05, 3.63) is 65.0 Å². The highest BCUT2D eigenvalue weighted by Crippen LogP contribution is 2.26. The Morgan fingerprint density at radius 2 is 2.09 bits per heavy atom. The molecule has 5 nitrogen and oxygen atoms in total. The second kappa shape index (κ2) is 6.26. The molecular weight excluding hydrogens is 360 g/mol. The molecular formula is C17H13BrN2O3. The fourth-order valence-electron chi connectivity index (χ4n) is 2.24. The minimum Gasteiger partial charge on any atom is -0.457 e. The molecule has 6 heteroatoms. The summed E-state index contributed by atoms with van der Waals surface area (Å²) in [6, 6.07) is 10.8. The van der Waals surface area contributed by atoms with Crippen molar-refractivity contribution in [2.45, 2.75) is 0 Å². The molecule has 0 atom stereocenters. The molecule has 3 rings (SSSR count). The lowest BCUT2D eigenvalue weighted by molar-refractivity contribution is -0.122. The van der Waals surface area contributed by atoms with Crippen LogP contribution in [-0.4, -0.2) is 23.4 Å². The summed E-state index contributed by atoms with van der Waals surface area (Å²) in [4.78, 5) is 24.9. The van der Waals surface area contributed by atoms with Gasteiger partial charge in [0.2, 0.25) is 0 Å². The maximum absolute atomic E-state index is 12.1. The quantitative estimate of drug-likeness (QED) is 0.504. The van der Waals surface area contributed by atoms with E-state index in [-0.39, 0.29) is 12.2 Å². The van der Waals surface area contributed by atoms with Crippen LogP contribution in [0.15, 0.2) is 63.6 Å². The van der Waals surface area contributed by atoms with Gasteiger partial charge in [0.25, 0.3) is 5.91 Å². The Balaban J connectivity index is 1.85. The number of halogens is 1. The Labute approximate surface area is 141 Å². The van der Waals surface area contributed by atoms with Gasteiger partial charge in [-0.1, -0.05) is 34.1 Å². The lowest BCUT2D eigenvalue weighted by Gasteiger charge is -2.06. The molecule has 1 aromatic heterocycles. The Bertz CT molecular complexity index is 823. The van der Waals surface area contributed by atoms with Crippen LogP contribution in [0.1, 0.15) is 5.76 Å². The largest absolute Gasteiger partial charge is 0.457 e. The van der Waals surface area contributed by atoms with E-state index in [0.29, 0.717) is 11.5 Å². The Kier molecular flexibility index (Phi) is 4.16. The summed E-state index contributed by atoms with van der Waals surface area (Å²) in [5.41, 5.74) is 1.10. The van der Waals surface area contributed by atoms with Crippen LogP contribution in [0.25, 0.3) is 17.4 Å². The molecule has 1 aliphatic rings. The van der Waals surface area contributed by atoms with Gasteiger partial charge in [-0.05, 0) is 24.3 Å². The second-order valence-electron chi connectivity index (χ2n) is 4.90. The van der Waals surface area contributed by atoms with Crippen molar-refractivity contribution in [3.63, 3.8) is 0 Å². The van der Waals surface area contributed by atoms with E-state index in [1.807, 2.05) is 30.3 Å². The van der Waals surface area contributed by atoms with Gasteiger partial charge in [-0.2, -0.15) is 0 Å². The third kappa shape index (κ3) is 3.12. The van der Waals surface area contributed by atoms with E-state index in [1.165, 1.54) is 12.2 Å². The zero-order valence-electron chi connectivity index (χ0n) is 12.1. The molecule has 1 saturated heterocycles. The first-order valence-corrected chi connectivity index (χ1v) is 7.69. The predicted octanol–water partition coefficient (Wildman–Crippen LogP) is 3.79. The van der Waals surface area contributed by atoms with Crippen molar-refractivity contribution < 1.29 is 14.0 Å². The Hall–Kier alpha value is -2.60. The van der Waals surface area contributed by atoms with Crippen molar-refractivity contribution in [3.8, 4) is 11.3 Å². The summed E-state index contributed by atoms with van der Waals surface area (Å²) in [6.07, 6.45) is 3.02. The third-order valence-corrected chi connectivity index (χ3v) is 3.79. The van der Waals surface area contributed by atoms with Crippen LogP contribution >= 0.6 is 15.9 Å². The highest BCUT2D eigenvalue weighted by atomic mass is 79.9. The van der Waals surface area contributed by atoms with Crippen LogP contribution in [-0.2, 0) is 4.79 Å². The number of carbonyl (C=O) groups is 2. The summed E-state index contributed by atoms with van der Waals surface area (Å²) in [5.74, 6) is 0.775. The fourth-order valence-corrected chi connectivity index (χ4v) is 2.64. The first kappa shape index (κ1) is 15.3. The lowest BCUT2D eigenvalue weighted by Crippen LogP contribution is -2.30. The van der Waals surface area contributed by atoms with Gasteiger partial charge in [0.05, 0.1) is 0 Å². The van der Waals surface area contributed by atoms with Gasteiger partial charge in [-0.3, -0.25) is 9.69 Å². The minimum absolute atomic E-state index is 0.170. The molecule has 1 aromatic carbocycles. The summed E-state index contributed by atoms with van der Waals surface area (Å²) in [6.45, 7) is 3.70. The van der Waals surface area contributed by atoms with E-state index in [2.05, 4.69) is 27.8 Å². The molecule has 1 aliphatic heterocycles. The van der Waals surface area contributed by atoms with Gasteiger partial charge in [0.15, 0.2) is 0 Å². The van der Waals surface area contributed by atoms with E-state index in [9.17, 15) is 9.59 Å². The molecule has 0 bridgehead atoms. The Morgan fingerprint density at radius 1 is 1.26 bits per heavy atom. The molecule has 3 amide bonds. The average Bonchev–Trinajstić information content (AvgIpc) is 3.09. The van der Waals surface area contributed by atoms with Crippen LogP contribution in [0.5, 0.6) is 0 Å². The van der Waals surface area contributed by atoms with Crippen LogP contribution in [0.3, 0.4) is 0 Å². The first-order chi connectivity index (χ1) is 11.1. The number of imide groups is 1. The average molecular weight is 373 g/mol. The molecule has 116 valence electrons. The summed E-state index contributed by atoms with van der Waals surface area (Å²) in [5, 5.41) is 2.53. The SMILES string of the molecule is C=CCN1C(=O)N/C(=C/c2ccc(-c3cccc(Br)c3)o2)C1=O. The molecule has 0 radical (unpaired) electrons. The van der Waals surface area contributed by atoms with Gasteiger partial charge < -0.3 is 9.73 Å². The standard InChI is InChI=1S/C17H13BrN2O3/c1-2-8-20-16(21)14(19-17(20)22)10-13-6-7-15(23-13)11-4-3-5-12(18)9-11/h2-7,9-10H,1,8H2,(H,19,22)/b14-10+. The van der Waals surface area contributed by atoms with E-state index in [1.54, 1.807) is 6.07 Å². The van der Waals surface area contributed by atoms with Crippen LogP contribution < -0.4 is 5.32 Å². The number of nitrogens with one attached hydrogen (secondary N) is 1. The fraction of sp³-hybridized carbons (Fsp3) is 0.0588. The zero-order chi connectivity index (χ0) is 16.4. The second-order valence-corrected chi connectivity index (χ2v) is 5.82. The smallest absolute Gasteiger partial charge is 0.329 e. The van der Waals surface area contributed by atoms with E-state index < -0.39 is 11.9 Å². The van der Waals surface area contributed by atoms with Crippen LogP contribution in [0.4, 0.5) is 4.79 Å². The topological polar surface area (TPSA) is 62.6 Å². The van der Waals surface area contributed by atoms with E-state index in [4.69, 9.17) is 4.42 Å². The van der Waals surface area contributed by atoms with Gasteiger partial charge >= 0.3 is 6.03 Å². The zero-order valence-corrected chi connectivity index (χ0v) is 13.7. The number of hydrogen-bond acceptors (Lipinski definition) is 3. The lowest BCUT2D eigenvalue weighted by atomic mass is 10.2. The maximum atomic E-state index is 12.1. The number of furan rings is 1.